The quantitative estimate of drug-likeness (QED) is 0.805. The zero-order valence-electron chi connectivity index (χ0n) is 13.9. The van der Waals surface area contributed by atoms with Gasteiger partial charge in [0, 0.05) is 17.5 Å². The summed E-state index contributed by atoms with van der Waals surface area (Å²) in [5.41, 5.74) is 1.70. The van der Waals surface area contributed by atoms with Gasteiger partial charge in [0.15, 0.2) is 5.17 Å². The molecule has 1 N–H and O–H groups in total. The molecular formula is C19H15ClN2O3S. The van der Waals surface area contributed by atoms with Crippen LogP contribution >= 0.6 is 23.4 Å². The van der Waals surface area contributed by atoms with Crippen molar-refractivity contribution in [3.63, 3.8) is 0 Å². The van der Waals surface area contributed by atoms with Crippen molar-refractivity contribution < 1.29 is 14.3 Å². The number of hydrogen-bond acceptors (Lipinski definition) is 4. The van der Waals surface area contributed by atoms with Gasteiger partial charge < -0.3 is 10.1 Å². The predicted molar refractivity (Wildman–Crippen MR) is 104 cm³/mol. The van der Waals surface area contributed by atoms with Crippen molar-refractivity contribution in [1.82, 2.24) is 5.32 Å². The summed E-state index contributed by atoms with van der Waals surface area (Å²) < 4.78 is 5.88. The Morgan fingerprint density at radius 3 is 2.85 bits per heavy atom. The van der Waals surface area contributed by atoms with E-state index < -0.39 is 0 Å². The van der Waals surface area contributed by atoms with Crippen LogP contribution in [0.4, 0.5) is 0 Å². The molecule has 0 aliphatic carbocycles. The summed E-state index contributed by atoms with van der Waals surface area (Å²) >= 11 is 7.11. The number of ether oxygens (including phenoxy) is 1. The van der Waals surface area contributed by atoms with Crippen LogP contribution in [0.1, 0.15) is 18.1 Å². The van der Waals surface area contributed by atoms with Crippen LogP contribution < -0.4 is 10.1 Å². The topological polar surface area (TPSA) is 67.8 Å². The molecule has 5 nitrogen and oxygen atoms in total. The normalized spacial score (nSPS) is 15.1. The largest absolute Gasteiger partial charge is 0.488 e. The summed E-state index contributed by atoms with van der Waals surface area (Å²) in [6.45, 7) is 1.73. The number of benzene rings is 2. The first-order valence-corrected chi connectivity index (χ1v) is 8.97. The van der Waals surface area contributed by atoms with Gasteiger partial charge in [-0.25, -0.2) is 0 Å². The minimum Gasteiger partial charge on any atom is -0.488 e. The van der Waals surface area contributed by atoms with E-state index in [-0.39, 0.29) is 17.0 Å². The number of aliphatic imine (C=N–C) groups is 1. The van der Waals surface area contributed by atoms with Crippen molar-refractivity contribution in [2.24, 2.45) is 4.99 Å². The Bertz CT molecular complexity index is 925. The molecule has 26 heavy (non-hydrogen) atoms. The number of carbonyl (C=O) groups excluding carboxylic acids is 2. The highest BCUT2D eigenvalue weighted by Gasteiger charge is 2.22. The maximum atomic E-state index is 12.0. The number of para-hydroxylation sites is 1. The lowest BCUT2D eigenvalue weighted by Gasteiger charge is -2.10. The van der Waals surface area contributed by atoms with Gasteiger partial charge in [-0.3, -0.25) is 9.59 Å². The van der Waals surface area contributed by atoms with Gasteiger partial charge >= 0.3 is 0 Å². The monoisotopic (exact) mass is 386 g/mol. The van der Waals surface area contributed by atoms with Gasteiger partial charge in [0.25, 0.3) is 5.91 Å². The number of amidine groups is 1. The summed E-state index contributed by atoms with van der Waals surface area (Å²) in [5.74, 6) is -0.0136. The first kappa shape index (κ1) is 18.2. The van der Waals surface area contributed by atoms with Gasteiger partial charge in [0.2, 0.25) is 5.91 Å². The highest BCUT2D eigenvalue weighted by molar-refractivity contribution is 8.18. The number of rotatable bonds is 4. The first-order chi connectivity index (χ1) is 12.5. The van der Waals surface area contributed by atoms with Crippen molar-refractivity contribution in [2.75, 3.05) is 0 Å². The molecule has 7 heteroatoms. The molecule has 0 radical (unpaired) electrons. The fourth-order valence-electron chi connectivity index (χ4n) is 2.27. The van der Waals surface area contributed by atoms with Gasteiger partial charge in [0.05, 0.1) is 4.91 Å². The standard InChI is InChI=1S/C19H15ClN2O3S/c1-12(23)21-19-22-18(24)17(26-19)10-14-6-2-3-8-16(14)25-11-13-5-4-7-15(20)9-13/h2-10H,11H2,1H3,(H,21,22,23,24). The average molecular weight is 387 g/mol. The molecule has 132 valence electrons. The molecule has 0 spiro atoms. The fourth-order valence-corrected chi connectivity index (χ4v) is 3.34. The number of amides is 2. The van der Waals surface area contributed by atoms with Crippen LogP contribution in [0, 0.1) is 0 Å². The molecule has 3 rings (SSSR count). The van der Waals surface area contributed by atoms with Crippen LogP contribution in [-0.2, 0) is 16.2 Å². The summed E-state index contributed by atoms with van der Waals surface area (Å²) in [6, 6.07) is 14.8. The van der Waals surface area contributed by atoms with Gasteiger partial charge in [0.1, 0.15) is 12.4 Å². The molecular weight excluding hydrogens is 372 g/mol. The van der Waals surface area contributed by atoms with Crippen molar-refractivity contribution in [3.05, 3.63) is 69.6 Å². The number of thioether (sulfide) groups is 1. The molecule has 0 unspecified atom stereocenters. The Morgan fingerprint density at radius 2 is 2.08 bits per heavy atom. The molecule has 1 aliphatic rings. The zero-order valence-corrected chi connectivity index (χ0v) is 15.4. The smallest absolute Gasteiger partial charge is 0.286 e. The van der Waals surface area contributed by atoms with E-state index in [4.69, 9.17) is 16.3 Å². The van der Waals surface area contributed by atoms with Crippen LogP contribution in [0.2, 0.25) is 5.02 Å². The Labute approximate surface area is 160 Å². The van der Waals surface area contributed by atoms with Crippen molar-refractivity contribution in [2.45, 2.75) is 13.5 Å². The number of halogens is 1. The molecule has 0 aromatic heterocycles. The molecule has 2 amide bonds. The number of nitrogens with zero attached hydrogens (tertiary/aromatic N) is 1. The van der Waals surface area contributed by atoms with E-state index >= 15 is 0 Å². The highest BCUT2D eigenvalue weighted by Crippen LogP contribution is 2.30. The van der Waals surface area contributed by atoms with Gasteiger partial charge in [-0.15, -0.1) is 0 Å². The second-order valence-corrected chi connectivity index (χ2v) is 6.94. The van der Waals surface area contributed by atoms with E-state index in [0.29, 0.717) is 22.3 Å². The van der Waals surface area contributed by atoms with E-state index in [9.17, 15) is 9.59 Å². The second kappa shape index (κ2) is 8.21. The lowest BCUT2D eigenvalue weighted by Crippen LogP contribution is -2.23. The summed E-state index contributed by atoms with van der Waals surface area (Å²) in [4.78, 5) is 27.4. The summed E-state index contributed by atoms with van der Waals surface area (Å²) in [7, 11) is 0. The van der Waals surface area contributed by atoms with Crippen LogP contribution in [0.15, 0.2) is 58.4 Å². The average Bonchev–Trinajstić information content (AvgIpc) is 2.92. The van der Waals surface area contributed by atoms with E-state index in [0.717, 1.165) is 22.9 Å². The minimum absolute atomic E-state index is 0.268. The molecule has 0 fully saturated rings. The molecule has 0 bridgehead atoms. The zero-order chi connectivity index (χ0) is 18.5. The van der Waals surface area contributed by atoms with Crippen LogP contribution in [0.5, 0.6) is 5.75 Å². The Hall–Kier alpha value is -2.57. The maximum absolute atomic E-state index is 12.0. The number of hydrogen-bond donors (Lipinski definition) is 1. The van der Waals surface area contributed by atoms with Gasteiger partial charge in [-0.1, -0.05) is 41.9 Å². The van der Waals surface area contributed by atoms with Crippen molar-refractivity contribution >= 4 is 46.4 Å². The maximum Gasteiger partial charge on any atom is 0.286 e. The summed E-state index contributed by atoms with van der Waals surface area (Å²) in [6.07, 6.45) is 1.71. The van der Waals surface area contributed by atoms with E-state index in [2.05, 4.69) is 10.3 Å². The van der Waals surface area contributed by atoms with E-state index in [1.807, 2.05) is 42.5 Å². The van der Waals surface area contributed by atoms with Crippen molar-refractivity contribution in [1.29, 1.82) is 0 Å². The lowest BCUT2D eigenvalue weighted by atomic mass is 10.2. The summed E-state index contributed by atoms with van der Waals surface area (Å²) in [5, 5.41) is 3.46. The SMILES string of the molecule is CC(=O)NC1=NC(=O)C(=Cc2ccccc2OCc2cccc(Cl)c2)S1. The Morgan fingerprint density at radius 1 is 1.27 bits per heavy atom. The molecule has 0 saturated heterocycles. The first-order valence-electron chi connectivity index (χ1n) is 7.78. The third kappa shape index (κ3) is 4.74. The van der Waals surface area contributed by atoms with Crippen molar-refractivity contribution in [3.8, 4) is 5.75 Å². The molecule has 1 heterocycles. The third-order valence-corrected chi connectivity index (χ3v) is 4.53. The lowest BCUT2D eigenvalue weighted by molar-refractivity contribution is -0.117. The molecule has 0 saturated carbocycles. The number of nitrogens with one attached hydrogen (secondary N) is 1. The minimum atomic E-state index is -0.386. The predicted octanol–water partition coefficient (Wildman–Crippen LogP) is 4.03. The van der Waals surface area contributed by atoms with Crippen LogP contribution in [0.3, 0.4) is 0 Å². The van der Waals surface area contributed by atoms with Gasteiger partial charge in [-0.2, -0.15) is 4.99 Å². The third-order valence-electron chi connectivity index (χ3n) is 3.39. The van der Waals surface area contributed by atoms with Crippen LogP contribution in [0.25, 0.3) is 6.08 Å². The highest BCUT2D eigenvalue weighted by atomic mass is 35.5. The number of carbonyl (C=O) groups is 2. The molecule has 2 aromatic carbocycles. The Balaban J connectivity index is 1.75. The second-order valence-electron chi connectivity index (χ2n) is 5.47. The van der Waals surface area contributed by atoms with Crippen LogP contribution in [-0.4, -0.2) is 17.0 Å². The molecule has 0 atom stereocenters. The molecule has 1 aliphatic heterocycles. The van der Waals surface area contributed by atoms with Gasteiger partial charge in [-0.05, 0) is 41.6 Å². The Kier molecular flexibility index (Phi) is 5.75. The molecule has 2 aromatic rings. The van der Waals surface area contributed by atoms with E-state index in [1.165, 1.54) is 6.92 Å². The fraction of sp³-hybridized carbons (Fsp3) is 0.105. The van der Waals surface area contributed by atoms with E-state index in [1.54, 1.807) is 12.1 Å².